The Balaban J connectivity index is 2.59. The Kier molecular flexibility index (Phi) is 0.511. The van der Waals surface area contributed by atoms with Crippen molar-refractivity contribution in [2.45, 2.75) is 13.8 Å². The van der Waals surface area contributed by atoms with Crippen molar-refractivity contribution in [1.82, 2.24) is 0 Å². The standard InChI is InChI=1S/C4H6S/c1-3-4(2)5-3/h1-2H3. The predicted molar refractivity (Wildman–Crippen MR) is 26.0 cm³/mol. The van der Waals surface area contributed by atoms with E-state index in [1.165, 1.54) is 9.81 Å². The molecule has 0 fully saturated rings. The van der Waals surface area contributed by atoms with Crippen molar-refractivity contribution >= 4 is 11.8 Å². The van der Waals surface area contributed by atoms with Crippen LogP contribution in [0.15, 0.2) is 9.81 Å². The molecule has 0 aliphatic carbocycles. The van der Waals surface area contributed by atoms with Crippen LogP contribution in [-0.2, 0) is 0 Å². The topological polar surface area (TPSA) is 0 Å². The molecule has 1 heteroatoms. The van der Waals surface area contributed by atoms with Crippen LogP contribution in [0.5, 0.6) is 0 Å². The zero-order valence-corrected chi connectivity index (χ0v) is 4.22. The molecule has 0 unspecified atom stereocenters. The number of rotatable bonds is 0. The van der Waals surface area contributed by atoms with Gasteiger partial charge in [0.15, 0.2) is 0 Å². The predicted octanol–water partition coefficient (Wildman–Crippen LogP) is 1.98. The van der Waals surface area contributed by atoms with Crippen molar-refractivity contribution in [3.63, 3.8) is 0 Å². The van der Waals surface area contributed by atoms with Crippen molar-refractivity contribution < 1.29 is 0 Å². The second kappa shape index (κ2) is 0.777. The lowest BCUT2D eigenvalue weighted by Crippen LogP contribution is -1.26. The Morgan fingerprint density at radius 1 is 1.20 bits per heavy atom. The maximum atomic E-state index is 2.14. The molecule has 0 radical (unpaired) electrons. The summed E-state index contributed by atoms with van der Waals surface area (Å²) < 4.78 is 0. The Labute approximate surface area is 36.3 Å². The average molecular weight is 86.2 g/mol. The molecule has 0 aromatic rings. The van der Waals surface area contributed by atoms with Gasteiger partial charge in [-0.25, -0.2) is 0 Å². The van der Waals surface area contributed by atoms with Crippen LogP contribution >= 0.6 is 11.8 Å². The minimum Gasteiger partial charge on any atom is -0.0979 e. The van der Waals surface area contributed by atoms with Gasteiger partial charge < -0.3 is 0 Å². The summed E-state index contributed by atoms with van der Waals surface area (Å²) in [5.74, 6) is 0. The van der Waals surface area contributed by atoms with Crippen molar-refractivity contribution in [3.8, 4) is 0 Å². The fourth-order valence-corrected chi connectivity index (χ4v) is 0.612. The third kappa shape index (κ3) is 0.482. The fraction of sp³-hybridized carbons (Fsp3) is 0.500. The van der Waals surface area contributed by atoms with E-state index in [2.05, 4.69) is 13.8 Å². The maximum absolute atomic E-state index is 2.14. The summed E-state index contributed by atoms with van der Waals surface area (Å²) in [7, 11) is 0. The van der Waals surface area contributed by atoms with E-state index in [1.807, 2.05) is 11.8 Å². The molecule has 0 aromatic carbocycles. The quantitative estimate of drug-likeness (QED) is 0.434. The molecule has 1 rings (SSSR count). The van der Waals surface area contributed by atoms with Gasteiger partial charge >= 0.3 is 0 Å². The van der Waals surface area contributed by atoms with Crippen LogP contribution in [0.4, 0.5) is 0 Å². The van der Waals surface area contributed by atoms with Gasteiger partial charge in [-0.15, -0.1) is 0 Å². The highest BCUT2D eigenvalue weighted by molar-refractivity contribution is 8.13. The van der Waals surface area contributed by atoms with Crippen molar-refractivity contribution in [1.29, 1.82) is 0 Å². The number of hydrogen-bond donors (Lipinski definition) is 0. The Bertz CT molecular complexity index is 71.6. The zero-order chi connectivity index (χ0) is 3.86. The van der Waals surface area contributed by atoms with Gasteiger partial charge in [-0.1, -0.05) is 11.8 Å². The highest BCUT2D eigenvalue weighted by atomic mass is 32.2. The SMILES string of the molecule is CC1=C(C)S1. The summed E-state index contributed by atoms with van der Waals surface area (Å²) in [5, 5.41) is 0. The van der Waals surface area contributed by atoms with Gasteiger partial charge in [-0.3, -0.25) is 0 Å². The van der Waals surface area contributed by atoms with E-state index in [1.54, 1.807) is 0 Å². The van der Waals surface area contributed by atoms with Crippen LogP contribution in [-0.4, -0.2) is 0 Å². The molecule has 0 N–H and O–H groups in total. The number of hydrogen-bond acceptors (Lipinski definition) is 1. The molecule has 1 heterocycles. The van der Waals surface area contributed by atoms with Crippen molar-refractivity contribution in [3.05, 3.63) is 9.81 Å². The summed E-state index contributed by atoms with van der Waals surface area (Å²) in [6, 6.07) is 0. The molecular formula is C4H6S. The van der Waals surface area contributed by atoms with Gasteiger partial charge in [0.2, 0.25) is 0 Å². The maximum Gasteiger partial charge on any atom is -0.00408 e. The molecule has 0 spiro atoms. The molecule has 5 heavy (non-hydrogen) atoms. The molecule has 0 bridgehead atoms. The molecule has 1 aliphatic heterocycles. The molecule has 0 amide bonds. The minimum atomic E-state index is 1.50. The highest BCUT2D eigenvalue weighted by Gasteiger charge is 2.09. The van der Waals surface area contributed by atoms with Gasteiger partial charge in [0.05, 0.1) is 0 Å². The van der Waals surface area contributed by atoms with Crippen molar-refractivity contribution in [2.75, 3.05) is 0 Å². The molecule has 0 saturated heterocycles. The second-order valence-corrected chi connectivity index (χ2v) is 2.64. The first-order chi connectivity index (χ1) is 2.30. The molecule has 0 saturated carbocycles. The summed E-state index contributed by atoms with van der Waals surface area (Å²) in [6.07, 6.45) is 0. The third-order valence-electron chi connectivity index (χ3n) is 0.760. The second-order valence-electron chi connectivity index (χ2n) is 1.21. The Hall–Kier alpha value is 0.0900. The van der Waals surface area contributed by atoms with E-state index in [0.717, 1.165) is 0 Å². The summed E-state index contributed by atoms with van der Waals surface area (Å²) in [4.78, 5) is 3.01. The van der Waals surface area contributed by atoms with Crippen LogP contribution in [0.2, 0.25) is 0 Å². The lowest BCUT2D eigenvalue weighted by molar-refractivity contribution is 1.64. The normalized spacial score (nSPS) is 20.4. The first kappa shape index (κ1) is 3.29. The van der Waals surface area contributed by atoms with E-state index < -0.39 is 0 Å². The van der Waals surface area contributed by atoms with Gasteiger partial charge in [0.25, 0.3) is 0 Å². The van der Waals surface area contributed by atoms with Crippen LogP contribution in [0.1, 0.15) is 13.8 Å². The smallest absolute Gasteiger partial charge is 0.00408 e. The van der Waals surface area contributed by atoms with Crippen LogP contribution in [0.3, 0.4) is 0 Å². The third-order valence-corrected chi connectivity index (χ3v) is 1.78. The lowest BCUT2D eigenvalue weighted by atomic mass is 10.6. The van der Waals surface area contributed by atoms with Gasteiger partial charge in [-0.05, 0) is 23.7 Å². The first-order valence-electron chi connectivity index (χ1n) is 1.66. The molecular weight excluding hydrogens is 80.1 g/mol. The monoisotopic (exact) mass is 86.0 g/mol. The highest BCUT2D eigenvalue weighted by Crippen LogP contribution is 2.43. The van der Waals surface area contributed by atoms with Crippen LogP contribution < -0.4 is 0 Å². The van der Waals surface area contributed by atoms with E-state index in [-0.39, 0.29) is 0 Å². The summed E-state index contributed by atoms with van der Waals surface area (Å²) in [6.45, 7) is 4.28. The minimum absolute atomic E-state index is 1.50. The molecule has 28 valence electrons. The van der Waals surface area contributed by atoms with E-state index >= 15 is 0 Å². The van der Waals surface area contributed by atoms with Crippen LogP contribution in [0, 0.1) is 0 Å². The number of thioether (sulfide) groups is 1. The van der Waals surface area contributed by atoms with Gasteiger partial charge in [-0.2, -0.15) is 0 Å². The molecule has 0 nitrogen and oxygen atoms in total. The first-order valence-corrected chi connectivity index (χ1v) is 2.47. The zero-order valence-electron chi connectivity index (χ0n) is 3.41. The Morgan fingerprint density at radius 2 is 1.40 bits per heavy atom. The van der Waals surface area contributed by atoms with Gasteiger partial charge in [0.1, 0.15) is 0 Å². The van der Waals surface area contributed by atoms with Crippen LogP contribution in [0.25, 0.3) is 0 Å². The molecule has 0 atom stereocenters. The average Bonchev–Trinajstić information content (AvgIpc) is 1.79. The van der Waals surface area contributed by atoms with E-state index in [4.69, 9.17) is 0 Å². The fourth-order valence-electron chi connectivity index (χ4n) is 0.204. The molecule has 0 aromatic heterocycles. The largest absolute Gasteiger partial charge is 0.0979 e. The van der Waals surface area contributed by atoms with Gasteiger partial charge in [0, 0.05) is 0 Å². The molecule has 1 aliphatic rings. The number of allylic oxidation sites excluding steroid dienone is 2. The van der Waals surface area contributed by atoms with E-state index in [9.17, 15) is 0 Å². The summed E-state index contributed by atoms with van der Waals surface area (Å²) >= 11 is 1.88. The lowest BCUT2D eigenvalue weighted by Gasteiger charge is -1.46. The van der Waals surface area contributed by atoms with E-state index in [0.29, 0.717) is 0 Å². The summed E-state index contributed by atoms with van der Waals surface area (Å²) in [5.41, 5.74) is 0. The van der Waals surface area contributed by atoms with Crippen molar-refractivity contribution in [2.24, 2.45) is 0 Å². The Morgan fingerprint density at radius 3 is 1.40 bits per heavy atom.